The highest BCUT2D eigenvalue weighted by molar-refractivity contribution is 6.30. The van der Waals surface area contributed by atoms with Crippen LogP contribution in [0.2, 0.25) is 5.02 Å². The second kappa shape index (κ2) is 9.48. The lowest BCUT2D eigenvalue weighted by Gasteiger charge is -2.36. The van der Waals surface area contributed by atoms with Crippen molar-refractivity contribution < 1.29 is 4.79 Å². The molecule has 0 bridgehead atoms. The van der Waals surface area contributed by atoms with Crippen LogP contribution < -0.4 is 5.73 Å². The van der Waals surface area contributed by atoms with Crippen LogP contribution in [0.5, 0.6) is 0 Å². The minimum absolute atomic E-state index is 0. The fourth-order valence-electron chi connectivity index (χ4n) is 3.36. The monoisotopic (exact) mass is 412 g/mol. The smallest absolute Gasteiger partial charge is 0.249 e. The Hall–Kier alpha value is -1.70. The molecule has 2 aromatic rings. The van der Waals surface area contributed by atoms with Crippen LogP contribution in [0, 0.1) is 5.92 Å². The summed E-state index contributed by atoms with van der Waals surface area (Å²) >= 11 is 5.92. The number of nitrogens with zero attached hydrogens (tertiary/aromatic N) is 5. The van der Waals surface area contributed by atoms with Gasteiger partial charge in [-0.15, -0.1) is 22.6 Å². The van der Waals surface area contributed by atoms with Crippen molar-refractivity contribution in [3.8, 4) is 11.4 Å². The fraction of sp³-hybridized carbons (Fsp3) is 0.556. The summed E-state index contributed by atoms with van der Waals surface area (Å²) in [5, 5.41) is 13.3. The van der Waals surface area contributed by atoms with Crippen molar-refractivity contribution in [2.75, 3.05) is 13.1 Å². The van der Waals surface area contributed by atoms with Crippen LogP contribution in [0.15, 0.2) is 24.3 Å². The van der Waals surface area contributed by atoms with E-state index in [0.29, 0.717) is 29.7 Å². The number of hydrogen-bond acceptors (Lipinski definition) is 5. The predicted octanol–water partition coefficient (Wildman–Crippen LogP) is 2.95. The number of benzene rings is 1. The summed E-state index contributed by atoms with van der Waals surface area (Å²) < 4.78 is 0. The lowest BCUT2D eigenvalue weighted by Crippen LogP contribution is -2.47. The van der Waals surface area contributed by atoms with E-state index in [2.05, 4.69) is 15.4 Å². The van der Waals surface area contributed by atoms with E-state index in [1.54, 1.807) is 12.1 Å². The van der Waals surface area contributed by atoms with Gasteiger partial charge in [-0.05, 0) is 61.6 Å². The van der Waals surface area contributed by atoms with Crippen molar-refractivity contribution in [2.24, 2.45) is 11.7 Å². The van der Waals surface area contributed by atoms with E-state index in [1.807, 2.05) is 30.9 Å². The Balaban J connectivity index is 0.00000261. The van der Waals surface area contributed by atoms with Gasteiger partial charge in [0, 0.05) is 29.7 Å². The van der Waals surface area contributed by atoms with Gasteiger partial charge in [-0.25, -0.2) is 0 Å². The Morgan fingerprint density at radius 1 is 1.37 bits per heavy atom. The van der Waals surface area contributed by atoms with Crippen LogP contribution in [0.25, 0.3) is 11.4 Å². The molecule has 0 spiro atoms. The number of carbonyl (C=O) groups is 1. The lowest BCUT2D eigenvalue weighted by atomic mass is 9.92. The molecule has 3 atom stereocenters. The summed E-state index contributed by atoms with van der Waals surface area (Å²) in [5.74, 6) is 0.872. The number of amides is 1. The molecule has 0 aliphatic carbocycles. The zero-order chi connectivity index (χ0) is 18.7. The first kappa shape index (κ1) is 21.6. The fourth-order valence-corrected chi connectivity index (χ4v) is 3.48. The number of likely N-dealkylation sites (tertiary alicyclic amines) is 1. The molecule has 2 heterocycles. The van der Waals surface area contributed by atoms with Crippen molar-refractivity contribution in [1.82, 2.24) is 25.1 Å². The molecule has 0 radical (unpaired) electrons. The number of piperidine rings is 1. The molecule has 1 aliphatic rings. The van der Waals surface area contributed by atoms with E-state index < -0.39 is 6.04 Å². The van der Waals surface area contributed by atoms with Gasteiger partial charge < -0.3 is 10.6 Å². The van der Waals surface area contributed by atoms with E-state index in [4.69, 9.17) is 17.3 Å². The third kappa shape index (κ3) is 4.97. The van der Waals surface area contributed by atoms with Crippen LogP contribution in [0.3, 0.4) is 0 Å². The number of halogens is 2. The van der Waals surface area contributed by atoms with Crippen molar-refractivity contribution >= 4 is 29.9 Å². The summed E-state index contributed by atoms with van der Waals surface area (Å²) in [6, 6.07) is 6.88. The Morgan fingerprint density at radius 2 is 2.07 bits per heavy atom. The number of nitrogens with two attached hydrogens (primary N) is 1. The second-order valence-corrected chi connectivity index (χ2v) is 7.35. The third-order valence-electron chi connectivity index (χ3n) is 4.99. The number of carbonyl (C=O) groups excluding carboxylic acids is 1. The van der Waals surface area contributed by atoms with Crippen LogP contribution in [0.1, 0.15) is 39.2 Å². The zero-order valence-electron chi connectivity index (χ0n) is 15.6. The van der Waals surface area contributed by atoms with Gasteiger partial charge in [-0.1, -0.05) is 18.5 Å². The van der Waals surface area contributed by atoms with Crippen LogP contribution >= 0.6 is 24.0 Å². The molecule has 148 valence electrons. The maximum atomic E-state index is 13.0. The van der Waals surface area contributed by atoms with E-state index >= 15 is 0 Å². The van der Waals surface area contributed by atoms with Crippen LogP contribution in [0.4, 0.5) is 0 Å². The van der Waals surface area contributed by atoms with E-state index in [9.17, 15) is 4.79 Å². The largest absolute Gasteiger partial charge is 0.340 e. The Kier molecular flexibility index (Phi) is 7.59. The van der Waals surface area contributed by atoms with Gasteiger partial charge in [-0.3, -0.25) is 4.79 Å². The predicted molar refractivity (Wildman–Crippen MR) is 108 cm³/mol. The molecule has 7 nitrogen and oxygen atoms in total. The molecule has 3 rings (SSSR count). The van der Waals surface area contributed by atoms with Gasteiger partial charge in [0.2, 0.25) is 11.7 Å². The molecule has 1 aromatic heterocycles. The Bertz CT molecular complexity index is 749. The molecule has 1 aromatic carbocycles. The molecule has 0 saturated carbocycles. The Labute approximate surface area is 170 Å². The molecule has 9 heteroatoms. The van der Waals surface area contributed by atoms with Gasteiger partial charge in [-0.2, -0.15) is 4.80 Å². The quantitative estimate of drug-likeness (QED) is 0.814. The summed E-state index contributed by atoms with van der Waals surface area (Å²) in [4.78, 5) is 16.4. The minimum atomic E-state index is -0.449. The van der Waals surface area contributed by atoms with E-state index in [1.165, 1.54) is 4.80 Å². The average Bonchev–Trinajstić information content (AvgIpc) is 3.12. The van der Waals surface area contributed by atoms with Crippen LogP contribution in [-0.2, 0) is 4.79 Å². The first-order chi connectivity index (χ1) is 12.5. The summed E-state index contributed by atoms with van der Waals surface area (Å²) in [5.41, 5.74) is 6.86. The standard InChI is InChI=1S/C18H25ClN6O.ClH/c1-3-16(18(26)24-10-4-5-14(11-24)12(2)20)25-22-17(21-23-25)13-6-8-15(19)9-7-13;/h6-9,12,14,16H,3-5,10-11,20H2,1-2H3;1H. The molecule has 1 fully saturated rings. The normalized spacial score (nSPS) is 19.3. The number of aromatic nitrogens is 4. The highest BCUT2D eigenvalue weighted by Crippen LogP contribution is 2.23. The summed E-state index contributed by atoms with van der Waals surface area (Å²) in [6.45, 7) is 5.43. The molecule has 1 aliphatic heterocycles. The van der Waals surface area contributed by atoms with Crippen LogP contribution in [-0.4, -0.2) is 50.1 Å². The molecular weight excluding hydrogens is 387 g/mol. The van der Waals surface area contributed by atoms with Crippen molar-refractivity contribution in [3.05, 3.63) is 29.3 Å². The highest BCUT2D eigenvalue weighted by atomic mass is 35.5. The molecule has 1 amide bonds. The lowest BCUT2D eigenvalue weighted by molar-refractivity contribution is -0.137. The first-order valence-corrected chi connectivity index (χ1v) is 9.47. The number of hydrogen-bond donors (Lipinski definition) is 1. The minimum Gasteiger partial charge on any atom is -0.340 e. The average molecular weight is 413 g/mol. The SMILES string of the molecule is CCC(C(=O)N1CCCC(C(C)N)C1)n1nnc(-c2ccc(Cl)cc2)n1.Cl. The third-order valence-corrected chi connectivity index (χ3v) is 5.25. The molecule has 2 N–H and O–H groups in total. The van der Waals surface area contributed by atoms with Crippen molar-refractivity contribution in [3.63, 3.8) is 0 Å². The van der Waals surface area contributed by atoms with Gasteiger partial charge in [0.05, 0.1) is 0 Å². The summed E-state index contributed by atoms with van der Waals surface area (Å²) in [6.07, 6.45) is 2.66. The zero-order valence-corrected chi connectivity index (χ0v) is 17.2. The second-order valence-electron chi connectivity index (χ2n) is 6.91. The first-order valence-electron chi connectivity index (χ1n) is 9.09. The van der Waals surface area contributed by atoms with Crippen molar-refractivity contribution in [2.45, 2.75) is 45.2 Å². The topological polar surface area (TPSA) is 89.9 Å². The molecular formula is C18H26Cl2N6O. The van der Waals surface area contributed by atoms with Gasteiger partial charge in [0.1, 0.15) is 0 Å². The van der Waals surface area contributed by atoms with Gasteiger partial charge in [0.25, 0.3) is 0 Å². The van der Waals surface area contributed by atoms with Gasteiger partial charge in [0.15, 0.2) is 6.04 Å². The van der Waals surface area contributed by atoms with Gasteiger partial charge >= 0.3 is 0 Å². The number of rotatable bonds is 5. The molecule has 1 saturated heterocycles. The maximum Gasteiger partial charge on any atom is 0.249 e. The van der Waals surface area contributed by atoms with E-state index in [-0.39, 0.29) is 24.4 Å². The number of tetrazole rings is 1. The molecule has 27 heavy (non-hydrogen) atoms. The molecule has 3 unspecified atom stereocenters. The highest BCUT2D eigenvalue weighted by Gasteiger charge is 2.31. The van der Waals surface area contributed by atoms with Crippen molar-refractivity contribution in [1.29, 1.82) is 0 Å². The maximum absolute atomic E-state index is 13.0. The Morgan fingerprint density at radius 3 is 2.70 bits per heavy atom. The summed E-state index contributed by atoms with van der Waals surface area (Å²) in [7, 11) is 0. The van der Waals surface area contributed by atoms with E-state index in [0.717, 1.165) is 24.9 Å².